The Balaban J connectivity index is -0.0000000417. The van der Waals surface area contributed by atoms with Crippen LogP contribution in [0.5, 0.6) is 0 Å². The first-order valence-corrected chi connectivity index (χ1v) is 1.11. The minimum absolute atomic E-state index is 0. The summed E-state index contributed by atoms with van der Waals surface area (Å²) in [7, 11) is 0. The van der Waals surface area contributed by atoms with Crippen LogP contribution in [-0.2, 0) is 9.59 Å². The molecule has 0 unspecified atom stereocenters. The van der Waals surface area contributed by atoms with E-state index in [1.165, 1.54) is 0 Å². The molecule has 6 nitrogen and oxygen atoms in total. The van der Waals surface area contributed by atoms with Crippen LogP contribution < -0.4 is 0 Å². The topological polar surface area (TPSA) is 138 Å². The summed E-state index contributed by atoms with van der Waals surface area (Å²) < 4.78 is 0. The second kappa shape index (κ2) is 10.8. The van der Waals surface area contributed by atoms with Crippen molar-refractivity contribution < 1.29 is 30.8 Å². The Morgan fingerprint density at radius 3 is 1.00 bits per heavy atom. The summed E-state index contributed by atoms with van der Waals surface area (Å²) in [6.45, 7) is 0. The van der Waals surface area contributed by atoms with Crippen molar-refractivity contribution in [3.8, 4) is 0 Å². The fourth-order valence-electron chi connectivity index (χ4n) is 0. The molecule has 0 aromatic carbocycles. The molecular formula is C2H7NaO6. The molecule has 0 aliphatic carbocycles. The second-order valence-electron chi connectivity index (χ2n) is 0.610. The summed E-state index contributed by atoms with van der Waals surface area (Å²) in [5.74, 6) is -3.65. The number of carboxylic acids is 2. The van der Waals surface area contributed by atoms with Gasteiger partial charge in [-0.2, -0.15) is 0 Å². The van der Waals surface area contributed by atoms with Gasteiger partial charge in [-0.15, -0.1) is 0 Å². The van der Waals surface area contributed by atoms with Gasteiger partial charge in [-0.05, 0) is 0 Å². The first-order chi connectivity index (χ1) is 2.64. The predicted octanol–water partition coefficient (Wildman–Crippen LogP) is -3.14. The molecule has 0 rings (SSSR count). The van der Waals surface area contributed by atoms with Crippen LogP contribution in [0.25, 0.3) is 0 Å². The molecule has 0 fully saturated rings. The molecule has 0 atom stereocenters. The van der Waals surface area contributed by atoms with Gasteiger partial charge in [0.1, 0.15) is 0 Å². The molecule has 0 saturated heterocycles. The number of hydrogen-bond donors (Lipinski definition) is 2. The van der Waals surface area contributed by atoms with Crippen molar-refractivity contribution in [2.45, 2.75) is 0 Å². The van der Waals surface area contributed by atoms with Gasteiger partial charge < -0.3 is 21.2 Å². The van der Waals surface area contributed by atoms with Crippen LogP contribution in [0.1, 0.15) is 0 Å². The quantitative estimate of drug-likeness (QED) is 0.278. The Kier molecular flexibility index (Phi) is 27.7. The zero-order valence-corrected chi connectivity index (χ0v) is 3.71. The Labute approximate surface area is 72.4 Å². The van der Waals surface area contributed by atoms with E-state index in [0.717, 1.165) is 0 Å². The molecule has 0 aromatic rings. The zero-order chi connectivity index (χ0) is 5.15. The summed E-state index contributed by atoms with van der Waals surface area (Å²) in [4.78, 5) is 18.2. The Morgan fingerprint density at radius 1 is 0.889 bits per heavy atom. The van der Waals surface area contributed by atoms with Gasteiger partial charge in [-0.3, -0.25) is 0 Å². The maximum absolute atomic E-state index is 9.10. The standard InChI is InChI=1S/C2H2O4.Na.2H2O.H/c3-1(4)2(5)6;;;;/h(H,3,4)(H,5,6);;2*1H2;. The fourth-order valence-corrected chi connectivity index (χ4v) is 0. The first kappa shape index (κ1) is 23.2. The van der Waals surface area contributed by atoms with Gasteiger partial charge in [0.25, 0.3) is 0 Å². The van der Waals surface area contributed by atoms with Crippen molar-refractivity contribution in [2.75, 3.05) is 0 Å². The second-order valence-corrected chi connectivity index (χ2v) is 0.610. The molecule has 0 heterocycles. The fraction of sp³-hybridized carbons (Fsp3) is 0. The third-order valence-corrected chi connectivity index (χ3v) is 0.183. The van der Waals surface area contributed by atoms with Crippen molar-refractivity contribution in [1.82, 2.24) is 0 Å². The molecule has 0 aliphatic rings. The predicted molar refractivity (Wildman–Crippen MR) is 29.6 cm³/mol. The molecule has 9 heavy (non-hydrogen) atoms. The average molecular weight is 150 g/mol. The van der Waals surface area contributed by atoms with Crippen molar-refractivity contribution in [3.05, 3.63) is 0 Å². The number of hydrogen-bond acceptors (Lipinski definition) is 2. The molecule has 52 valence electrons. The number of rotatable bonds is 0. The first-order valence-electron chi connectivity index (χ1n) is 1.11. The van der Waals surface area contributed by atoms with Crippen LogP contribution >= 0.6 is 0 Å². The molecule has 0 spiro atoms. The molecule has 0 radical (unpaired) electrons. The van der Waals surface area contributed by atoms with Crippen LogP contribution in [0.2, 0.25) is 0 Å². The average Bonchev–Trinajstić information content (AvgIpc) is 1.36. The molecule has 0 saturated carbocycles. The van der Waals surface area contributed by atoms with E-state index in [1.807, 2.05) is 0 Å². The van der Waals surface area contributed by atoms with Crippen molar-refractivity contribution >= 4 is 41.5 Å². The van der Waals surface area contributed by atoms with E-state index in [-0.39, 0.29) is 40.5 Å². The molecule has 0 aromatic heterocycles. The Morgan fingerprint density at radius 2 is 1.00 bits per heavy atom. The van der Waals surface area contributed by atoms with Crippen LogP contribution in [0.15, 0.2) is 0 Å². The van der Waals surface area contributed by atoms with E-state index in [9.17, 15) is 0 Å². The SMILES string of the molecule is O.O.O=C(O)C(=O)O.[NaH]. The van der Waals surface area contributed by atoms with Crippen LogP contribution in [-0.4, -0.2) is 62.7 Å². The van der Waals surface area contributed by atoms with Gasteiger partial charge in [0.15, 0.2) is 0 Å². The molecule has 0 aliphatic heterocycles. The van der Waals surface area contributed by atoms with Crippen molar-refractivity contribution in [2.24, 2.45) is 0 Å². The van der Waals surface area contributed by atoms with Crippen molar-refractivity contribution in [3.63, 3.8) is 0 Å². The van der Waals surface area contributed by atoms with Crippen LogP contribution in [0.4, 0.5) is 0 Å². The third-order valence-electron chi connectivity index (χ3n) is 0.183. The van der Waals surface area contributed by atoms with Gasteiger partial charge in [0.2, 0.25) is 0 Å². The zero-order valence-electron chi connectivity index (χ0n) is 3.71. The van der Waals surface area contributed by atoms with E-state index < -0.39 is 11.9 Å². The van der Waals surface area contributed by atoms with E-state index in [2.05, 4.69) is 0 Å². The molecule has 0 amide bonds. The molecule has 6 N–H and O–H groups in total. The van der Waals surface area contributed by atoms with Crippen molar-refractivity contribution in [1.29, 1.82) is 0 Å². The number of carbonyl (C=O) groups is 2. The Hall–Kier alpha value is -0.140. The van der Waals surface area contributed by atoms with Gasteiger partial charge in [-0.1, -0.05) is 0 Å². The number of aliphatic carboxylic acids is 2. The van der Waals surface area contributed by atoms with E-state index in [4.69, 9.17) is 19.8 Å². The normalized spacial score (nSPS) is 4.89. The van der Waals surface area contributed by atoms with Gasteiger partial charge in [0, 0.05) is 0 Å². The van der Waals surface area contributed by atoms with Gasteiger partial charge in [0.05, 0.1) is 0 Å². The minimum atomic E-state index is -1.82. The summed E-state index contributed by atoms with van der Waals surface area (Å²) in [6, 6.07) is 0. The third kappa shape index (κ3) is 18.1. The van der Waals surface area contributed by atoms with Crippen LogP contribution in [0.3, 0.4) is 0 Å². The summed E-state index contributed by atoms with van der Waals surface area (Å²) in [5, 5.41) is 14.8. The summed E-state index contributed by atoms with van der Waals surface area (Å²) >= 11 is 0. The maximum atomic E-state index is 9.10. The van der Waals surface area contributed by atoms with E-state index in [0.29, 0.717) is 0 Å². The van der Waals surface area contributed by atoms with Gasteiger partial charge >= 0.3 is 41.5 Å². The summed E-state index contributed by atoms with van der Waals surface area (Å²) in [5.41, 5.74) is 0. The van der Waals surface area contributed by atoms with E-state index >= 15 is 0 Å². The summed E-state index contributed by atoms with van der Waals surface area (Å²) in [6.07, 6.45) is 0. The van der Waals surface area contributed by atoms with Crippen LogP contribution in [0, 0.1) is 0 Å². The molecule has 0 bridgehead atoms. The van der Waals surface area contributed by atoms with E-state index in [1.54, 1.807) is 0 Å². The monoisotopic (exact) mass is 150 g/mol. The molecular weight excluding hydrogens is 143 g/mol. The Bertz CT molecular complexity index is 77.1. The number of carboxylic acid groups (broad SMARTS) is 2. The molecule has 7 heteroatoms. The van der Waals surface area contributed by atoms with Gasteiger partial charge in [-0.25, -0.2) is 9.59 Å².